The minimum atomic E-state index is -0.418. The summed E-state index contributed by atoms with van der Waals surface area (Å²) in [5.41, 5.74) is 1.46. The molecule has 1 aromatic heterocycles. The number of benzene rings is 1. The third-order valence-electron chi connectivity index (χ3n) is 2.76. The zero-order valence-electron chi connectivity index (χ0n) is 11.9. The summed E-state index contributed by atoms with van der Waals surface area (Å²) in [6.07, 6.45) is 0. The average molecular weight is 304 g/mol. The Bertz CT molecular complexity index is 634. The molecule has 1 aromatic carbocycles. The van der Waals surface area contributed by atoms with Gasteiger partial charge in [-0.05, 0) is 19.4 Å². The SMILES string of the molecule is CCNc1nc(C)c([N+](=O)[O-])c(SCc2ccccc2)n1. The molecule has 21 heavy (non-hydrogen) atoms. The number of thioether (sulfide) groups is 1. The summed E-state index contributed by atoms with van der Waals surface area (Å²) < 4.78 is 0. The van der Waals surface area contributed by atoms with Crippen molar-refractivity contribution in [2.45, 2.75) is 24.6 Å². The third kappa shape index (κ3) is 3.91. The molecule has 0 unspecified atom stereocenters. The zero-order chi connectivity index (χ0) is 15.2. The Balaban J connectivity index is 2.28. The maximum atomic E-state index is 11.2. The van der Waals surface area contributed by atoms with Gasteiger partial charge in [-0.1, -0.05) is 42.1 Å². The van der Waals surface area contributed by atoms with Crippen molar-refractivity contribution < 1.29 is 4.92 Å². The maximum Gasteiger partial charge on any atom is 0.322 e. The highest BCUT2D eigenvalue weighted by Gasteiger charge is 2.22. The quantitative estimate of drug-likeness (QED) is 0.381. The van der Waals surface area contributed by atoms with E-state index in [-0.39, 0.29) is 5.69 Å². The molecule has 7 heteroatoms. The van der Waals surface area contributed by atoms with Crippen LogP contribution in [0.4, 0.5) is 11.6 Å². The van der Waals surface area contributed by atoms with Gasteiger partial charge in [0.15, 0.2) is 5.03 Å². The minimum absolute atomic E-state index is 0.0161. The molecule has 1 N–H and O–H groups in total. The van der Waals surface area contributed by atoms with E-state index in [2.05, 4.69) is 15.3 Å². The lowest BCUT2D eigenvalue weighted by Gasteiger charge is -2.08. The molecule has 0 bridgehead atoms. The number of hydrogen-bond acceptors (Lipinski definition) is 6. The van der Waals surface area contributed by atoms with E-state index in [1.165, 1.54) is 11.8 Å². The van der Waals surface area contributed by atoms with Crippen molar-refractivity contribution >= 4 is 23.4 Å². The number of nitro groups is 1. The predicted octanol–water partition coefficient (Wildman–Crippen LogP) is 3.42. The van der Waals surface area contributed by atoms with Gasteiger partial charge in [-0.2, -0.15) is 4.98 Å². The highest BCUT2D eigenvalue weighted by atomic mass is 32.2. The van der Waals surface area contributed by atoms with E-state index in [0.717, 1.165) is 5.56 Å². The highest BCUT2D eigenvalue weighted by molar-refractivity contribution is 7.98. The first-order chi connectivity index (χ1) is 10.1. The fourth-order valence-electron chi connectivity index (χ4n) is 1.81. The number of aromatic nitrogens is 2. The zero-order valence-corrected chi connectivity index (χ0v) is 12.7. The second kappa shape index (κ2) is 7.03. The first-order valence-electron chi connectivity index (χ1n) is 6.55. The molecule has 0 spiro atoms. The Labute approximate surface area is 127 Å². The van der Waals surface area contributed by atoms with Gasteiger partial charge in [-0.3, -0.25) is 10.1 Å². The third-order valence-corrected chi connectivity index (χ3v) is 3.80. The Morgan fingerprint density at radius 1 is 1.29 bits per heavy atom. The van der Waals surface area contributed by atoms with E-state index in [0.29, 0.717) is 29.0 Å². The average Bonchev–Trinajstić information content (AvgIpc) is 2.45. The molecule has 0 aliphatic heterocycles. The van der Waals surface area contributed by atoms with E-state index in [9.17, 15) is 10.1 Å². The molecule has 0 saturated heterocycles. The van der Waals surface area contributed by atoms with Gasteiger partial charge >= 0.3 is 5.69 Å². The molecule has 0 saturated carbocycles. The molecular weight excluding hydrogens is 288 g/mol. The van der Waals surface area contributed by atoms with E-state index in [1.54, 1.807) is 6.92 Å². The van der Waals surface area contributed by atoms with Crippen LogP contribution in [0, 0.1) is 17.0 Å². The van der Waals surface area contributed by atoms with Crippen LogP contribution in [-0.4, -0.2) is 21.4 Å². The van der Waals surface area contributed by atoms with Gasteiger partial charge < -0.3 is 5.32 Å². The summed E-state index contributed by atoms with van der Waals surface area (Å²) in [5.74, 6) is 1.06. The normalized spacial score (nSPS) is 10.4. The van der Waals surface area contributed by atoms with Crippen molar-refractivity contribution in [3.8, 4) is 0 Å². The molecule has 110 valence electrons. The Morgan fingerprint density at radius 3 is 2.62 bits per heavy atom. The maximum absolute atomic E-state index is 11.2. The lowest BCUT2D eigenvalue weighted by molar-refractivity contribution is -0.389. The largest absolute Gasteiger partial charge is 0.354 e. The Hall–Kier alpha value is -2.15. The molecule has 6 nitrogen and oxygen atoms in total. The number of aryl methyl sites for hydroxylation is 1. The summed E-state index contributed by atoms with van der Waals surface area (Å²) >= 11 is 1.35. The van der Waals surface area contributed by atoms with Gasteiger partial charge in [0, 0.05) is 12.3 Å². The summed E-state index contributed by atoms with van der Waals surface area (Å²) in [5, 5.41) is 14.6. The van der Waals surface area contributed by atoms with Gasteiger partial charge in [0.25, 0.3) is 0 Å². The molecule has 0 aliphatic rings. The van der Waals surface area contributed by atoms with Gasteiger partial charge in [0.2, 0.25) is 5.95 Å². The summed E-state index contributed by atoms with van der Waals surface area (Å²) in [6.45, 7) is 4.23. The lowest BCUT2D eigenvalue weighted by Crippen LogP contribution is -2.07. The number of anilines is 1. The predicted molar refractivity (Wildman–Crippen MR) is 83.6 cm³/mol. The van der Waals surface area contributed by atoms with E-state index >= 15 is 0 Å². The highest BCUT2D eigenvalue weighted by Crippen LogP contribution is 2.32. The fraction of sp³-hybridized carbons (Fsp3) is 0.286. The van der Waals surface area contributed by atoms with Crippen LogP contribution in [0.15, 0.2) is 35.4 Å². The summed E-state index contributed by atoms with van der Waals surface area (Å²) in [6, 6.07) is 9.80. The smallest absolute Gasteiger partial charge is 0.322 e. The van der Waals surface area contributed by atoms with Crippen LogP contribution in [0.2, 0.25) is 0 Å². The van der Waals surface area contributed by atoms with Crippen molar-refractivity contribution in [3.05, 3.63) is 51.7 Å². The van der Waals surface area contributed by atoms with Crippen LogP contribution >= 0.6 is 11.8 Å². The van der Waals surface area contributed by atoms with Gasteiger partial charge in [-0.25, -0.2) is 4.98 Å². The van der Waals surface area contributed by atoms with Crippen molar-refractivity contribution in [2.24, 2.45) is 0 Å². The molecule has 0 radical (unpaired) electrons. The van der Waals surface area contributed by atoms with Crippen molar-refractivity contribution in [1.82, 2.24) is 9.97 Å². The van der Waals surface area contributed by atoms with Gasteiger partial charge in [0.05, 0.1) is 4.92 Å². The number of rotatable bonds is 6. The monoisotopic (exact) mass is 304 g/mol. The number of nitrogens with one attached hydrogen (secondary N) is 1. The molecular formula is C14H16N4O2S. The molecule has 0 aliphatic carbocycles. The second-order valence-electron chi connectivity index (χ2n) is 4.35. The van der Waals surface area contributed by atoms with E-state index in [1.807, 2.05) is 37.3 Å². The fourth-order valence-corrected chi connectivity index (χ4v) is 2.82. The molecule has 0 fully saturated rings. The molecule has 1 heterocycles. The van der Waals surface area contributed by atoms with E-state index in [4.69, 9.17) is 0 Å². The van der Waals surface area contributed by atoms with Crippen LogP contribution < -0.4 is 5.32 Å². The van der Waals surface area contributed by atoms with Crippen LogP contribution in [-0.2, 0) is 5.75 Å². The van der Waals surface area contributed by atoms with E-state index < -0.39 is 4.92 Å². The van der Waals surface area contributed by atoms with Gasteiger partial charge in [-0.15, -0.1) is 0 Å². The first-order valence-corrected chi connectivity index (χ1v) is 7.54. The topological polar surface area (TPSA) is 81.0 Å². The van der Waals surface area contributed by atoms with Crippen LogP contribution in [0.5, 0.6) is 0 Å². The van der Waals surface area contributed by atoms with Gasteiger partial charge in [0.1, 0.15) is 5.69 Å². The molecule has 2 rings (SSSR count). The van der Waals surface area contributed by atoms with Crippen molar-refractivity contribution in [2.75, 3.05) is 11.9 Å². The molecule has 0 atom stereocenters. The number of hydrogen-bond donors (Lipinski definition) is 1. The van der Waals surface area contributed by atoms with Crippen LogP contribution in [0.1, 0.15) is 18.2 Å². The van der Waals surface area contributed by atoms with Crippen molar-refractivity contribution in [3.63, 3.8) is 0 Å². The van der Waals surface area contributed by atoms with Crippen molar-refractivity contribution in [1.29, 1.82) is 0 Å². The number of nitrogens with zero attached hydrogens (tertiary/aromatic N) is 3. The minimum Gasteiger partial charge on any atom is -0.354 e. The molecule has 2 aromatic rings. The Kier molecular flexibility index (Phi) is 5.10. The summed E-state index contributed by atoms with van der Waals surface area (Å²) in [4.78, 5) is 19.2. The van der Waals surface area contributed by atoms with Crippen LogP contribution in [0.25, 0.3) is 0 Å². The summed E-state index contributed by atoms with van der Waals surface area (Å²) in [7, 11) is 0. The standard InChI is InChI=1S/C14H16N4O2S/c1-3-15-14-16-10(2)12(18(19)20)13(17-14)21-9-11-7-5-4-6-8-11/h4-8H,3,9H2,1-2H3,(H,15,16,17). The lowest BCUT2D eigenvalue weighted by atomic mass is 10.2. The van der Waals surface area contributed by atoms with Crippen LogP contribution in [0.3, 0.4) is 0 Å². The second-order valence-corrected chi connectivity index (χ2v) is 5.31. The first kappa shape index (κ1) is 15.2. The molecule has 0 amide bonds. The Morgan fingerprint density at radius 2 is 2.00 bits per heavy atom.